The molecule has 8 nitrogen and oxygen atoms in total. The zero-order valence-corrected chi connectivity index (χ0v) is 15.5. The van der Waals surface area contributed by atoms with Crippen LogP contribution < -0.4 is 10.2 Å². The van der Waals surface area contributed by atoms with Crippen LogP contribution in [-0.4, -0.2) is 42.0 Å². The number of ether oxygens (including phenoxy) is 1. The minimum absolute atomic E-state index is 0.0742. The molecule has 1 amide bonds. The van der Waals surface area contributed by atoms with E-state index in [1.807, 2.05) is 4.90 Å². The number of benzene rings is 1. The minimum Gasteiger partial charge on any atom is -0.449 e. The molecular formula is C19H25N3O5. The Morgan fingerprint density at radius 3 is 2.52 bits per heavy atom. The van der Waals surface area contributed by atoms with E-state index < -0.39 is 17.0 Å². The molecule has 1 saturated carbocycles. The molecule has 2 aliphatic rings. The molecule has 146 valence electrons. The predicted octanol–water partition coefficient (Wildman–Crippen LogP) is 2.80. The number of nitro benzene ring substituents is 1. The standard InChI is InChI=1S/C19H25N3O5/c1-13(18(23)20-15-6-2-3-7-15)27-19(24)14-8-9-16(17(12-14)22(25)26)21-10-4-5-11-21/h8-9,12-13,15H,2-7,10-11H2,1H3,(H,20,23)/t13-/m0/s1. The van der Waals surface area contributed by atoms with Gasteiger partial charge in [0.2, 0.25) is 0 Å². The fourth-order valence-corrected chi connectivity index (χ4v) is 3.69. The van der Waals surface area contributed by atoms with Crippen LogP contribution in [0.3, 0.4) is 0 Å². The van der Waals surface area contributed by atoms with E-state index >= 15 is 0 Å². The van der Waals surface area contributed by atoms with Crippen molar-refractivity contribution >= 4 is 23.3 Å². The Hall–Kier alpha value is -2.64. The first-order valence-corrected chi connectivity index (χ1v) is 9.50. The number of nitro groups is 1. The minimum atomic E-state index is -0.949. The van der Waals surface area contributed by atoms with Crippen molar-refractivity contribution in [3.05, 3.63) is 33.9 Å². The maximum absolute atomic E-state index is 12.4. The lowest BCUT2D eigenvalue weighted by molar-refractivity contribution is -0.384. The molecule has 2 fully saturated rings. The third-order valence-corrected chi connectivity index (χ3v) is 5.21. The number of carbonyl (C=O) groups is 2. The Morgan fingerprint density at radius 2 is 1.89 bits per heavy atom. The summed E-state index contributed by atoms with van der Waals surface area (Å²) in [6.45, 7) is 3.04. The Morgan fingerprint density at radius 1 is 1.22 bits per heavy atom. The topological polar surface area (TPSA) is 102 Å². The number of rotatable bonds is 6. The van der Waals surface area contributed by atoms with E-state index in [0.29, 0.717) is 5.69 Å². The van der Waals surface area contributed by atoms with Crippen LogP contribution in [0.4, 0.5) is 11.4 Å². The molecule has 1 aromatic rings. The van der Waals surface area contributed by atoms with Crippen molar-refractivity contribution in [3.8, 4) is 0 Å². The average molecular weight is 375 g/mol. The third-order valence-electron chi connectivity index (χ3n) is 5.21. The molecule has 1 atom stereocenters. The van der Waals surface area contributed by atoms with Gasteiger partial charge < -0.3 is 15.0 Å². The second kappa shape index (κ2) is 8.37. The third kappa shape index (κ3) is 4.56. The van der Waals surface area contributed by atoms with Gasteiger partial charge in [0.1, 0.15) is 5.69 Å². The van der Waals surface area contributed by atoms with Crippen LogP contribution in [0.15, 0.2) is 18.2 Å². The maximum atomic E-state index is 12.4. The van der Waals surface area contributed by atoms with E-state index in [-0.39, 0.29) is 23.2 Å². The van der Waals surface area contributed by atoms with Gasteiger partial charge in [-0.05, 0) is 44.7 Å². The highest BCUT2D eigenvalue weighted by Gasteiger charge is 2.27. The number of amides is 1. The van der Waals surface area contributed by atoms with Crippen LogP contribution in [0, 0.1) is 10.1 Å². The first-order chi connectivity index (χ1) is 13.0. The van der Waals surface area contributed by atoms with E-state index in [0.717, 1.165) is 51.6 Å². The fourth-order valence-electron chi connectivity index (χ4n) is 3.69. The van der Waals surface area contributed by atoms with E-state index in [1.54, 1.807) is 6.07 Å². The highest BCUT2D eigenvalue weighted by atomic mass is 16.6. The average Bonchev–Trinajstić information content (AvgIpc) is 3.34. The Kier molecular flexibility index (Phi) is 5.93. The lowest BCUT2D eigenvalue weighted by Gasteiger charge is -2.19. The van der Waals surface area contributed by atoms with Gasteiger partial charge in [0.05, 0.1) is 10.5 Å². The second-order valence-corrected chi connectivity index (χ2v) is 7.19. The van der Waals surface area contributed by atoms with E-state index in [1.165, 1.54) is 19.1 Å². The SMILES string of the molecule is C[C@H](OC(=O)c1ccc(N2CCCC2)c([N+](=O)[O-])c1)C(=O)NC1CCCC1. The Balaban J connectivity index is 1.67. The normalized spacial score (nSPS) is 18.3. The van der Waals surface area contributed by atoms with Crippen LogP contribution in [0.25, 0.3) is 0 Å². The monoisotopic (exact) mass is 375 g/mol. The molecule has 1 aliphatic heterocycles. The van der Waals surface area contributed by atoms with Crippen molar-refractivity contribution < 1.29 is 19.2 Å². The van der Waals surface area contributed by atoms with Gasteiger partial charge in [-0.15, -0.1) is 0 Å². The zero-order chi connectivity index (χ0) is 19.4. The van der Waals surface area contributed by atoms with Gasteiger partial charge in [-0.25, -0.2) is 4.79 Å². The smallest absolute Gasteiger partial charge is 0.339 e. The fraction of sp³-hybridized carbons (Fsp3) is 0.579. The van der Waals surface area contributed by atoms with Gasteiger partial charge in [-0.2, -0.15) is 0 Å². The van der Waals surface area contributed by atoms with Crippen molar-refractivity contribution in [3.63, 3.8) is 0 Å². The molecule has 1 heterocycles. The molecular weight excluding hydrogens is 350 g/mol. The van der Waals surface area contributed by atoms with Crippen molar-refractivity contribution in [1.82, 2.24) is 5.32 Å². The Labute approximate surface area is 158 Å². The van der Waals surface area contributed by atoms with E-state index in [2.05, 4.69) is 5.32 Å². The van der Waals surface area contributed by atoms with Crippen LogP contribution in [0.2, 0.25) is 0 Å². The number of nitrogens with one attached hydrogen (secondary N) is 1. The van der Waals surface area contributed by atoms with Crippen molar-refractivity contribution in [1.29, 1.82) is 0 Å². The molecule has 0 radical (unpaired) electrons. The molecule has 0 aromatic heterocycles. The van der Waals surface area contributed by atoms with Gasteiger partial charge in [-0.3, -0.25) is 14.9 Å². The number of anilines is 1. The summed E-state index contributed by atoms with van der Waals surface area (Å²) in [5.41, 5.74) is 0.473. The van der Waals surface area contributed by atoms with E-state index in [4.69, 9.17) is 4.74 Å². The maximum Gasteiger partial charge on any atom is 0.339 e. The van der Waals surface area contributed by atoms with Crippen molar-refractivity contribution in [2.75, 3.05) is 18.0 Å². The molecule has 1 aromatic carbocycles. The molecule has 3 rings (SSSR count). The summed E-state index contributed by atoms with van der Waals surface area (Å²) in [4.78, 5) is 37.4. The second-order valence-electron chi connectivity index (χ2n) is 7.19. The summed E-state index contributed by atoms with van der Waals surface area (Å²) in [5.74, 6) is -1.07. The highest BCUT2D eigenvalue weighted by molar-refractivity contribution is 5.93. The summed E-state index contributed by atoms with van der Waals surface area (Å²) in [6, 6.07) is 4.48. The Bertz CT molecular complexity index is 724. The number of nitrogens with zero attached hydrogens (tertiary/aromatic N) is 2. The lowest BCUT2D eigenvalue weighted by atomic mass is 10.1. The summed E-state index contributed by atoms with van der Waals surface area (Å²) < 4.78 is 5.22. The summed E-state index contributed by atoms with van der Waals surface area (Å²) in [7, 11) is 0. The molecule has 1 aliphatic carbocycles. The number of esters is 1. The summed E-state index contributed by atoms with van der Waals surface area (Å²) in [6.07, 6.45) is 5.10. The number of carbonyl (C=O) groups excluding carboxylic acids is 2. The van der Waals surface area contributed by atoms with Gasteiger partial charge in [0.25, 0.3) is 11.6 Å². The molecule has 0 spiro atoms. The highest BCUT2D eigenvalue weighted by Crippen LogP contribution is 2.32. The molecule has 0 bridgehead atoms. The first kappa shape index (κ1) is 19.1. The molecule has 1 N–H and O–H groups in total. The van der Waals surface area contributed by atoms with Gasteiger partial charge in [0, 0.05) is 25.2 Å². The lowest BCUT2D eigenvalue weighted by Crippen LogP contribution is -2.40. The summed E-state index contributed by atoms with van der Waals surface area (Å²) >= 11 is 0. The van der Waals surface area contributed by atoms with Gasteiger partial charge in [0.15, 0.2) is 6.10 Å². The largest absolute Gasteiger partial charge is 0.449 e. The van der Waals surface area contributed by atoms with Crippen LogP contribution in [0.1, 0.15) is 55.8 Å². The predicted molar refractivity (Wildman–Crippen MR) is 99.8 cm³/mol. The molecule has 8 heteroatoms. The van der Waals surface area contributed by atoms with Crippen LogP contribution in [0.5, 0.6) is 0 Å². The van der Waals surface area contributed by atoms with E-state index in [9.17, 15) is 19.7 Å². The molecule has 0 unspecified atom stereocenters. The number of hydrogen-bond donors (Lipinski definition) is 1. The number of hydrogen-bond acceptors (Lipinski definition) is 6. The molecule has 27 heavy (non-hydrogen) atoms. The zero-order valence-electron chi connectivity index (χ0n) is 15.5. The van der Waals surface area contributed by atoms with Crippen molar-refractivity contribution in [2.45, 2.75) is 57.6 Å². The van der Waals surface area contributed by atoms with Gasteiger partial charge in [-0.1, -0.05) is 12.8 Å². The van der Waals surface area contributed by atoms with Crippen LogP contribution in [-0.2, 0) is 9.53 Å². The van der Waals surface area contributed by atoms with Crippen molar-refractivity contribution in [2.24, 2.45) is 0 Å². The quantitative estimate of drug-likeness (QED) is 0.466. The summed E-state index contributed by atoms with van der Waals surface area (Å²) in [5, 5.41) is 14.3. The van der Waals surface area contributed by atoms with Crippen LogP contribution >= 0.6 is 0 Å². The van der Waals surface area contributed by atoms with Gasteiger partial charge >= 0.3 is 5.97 Å². The molecule has 1 saturated heterocycles. The first-order valence-electron chi connectivity index (χ1n) is 9.50.